The first-order chi connectivity index (χ1) is 44.7. The van der Waals surface area contributed by atoms with Crippen molar-refractivity contribution in [2.75, 3.05) is 39.6 Å². The van der Waals surface area contributed by atoms with Gasteiger partial charge in [-0.05, 0) is 116 Å². The maximum atomic E-state index is 13.0. The maximum absolute atomic E-state index is 13.0. The average Bonchev–Trinajstić information content (AvgIpc) is 2.55. The van der Waals surface area contributed by atoms with Gasteiger partial charge in [-0.25, -0.2) is 9.13 Å². The monoisotopic (exact) mass is 1330 g/mol. The van der Waals surface area contributed by atoms with E-state index in [4.69, 9.17) is 37.0 Å². The number of unbranched alkanes of at least 4 members (excludes halogenated alkanes) is 14. The number of rotatable bonds is 62. The number of phosphoric acid groups is 2. The molecule has 0 heterocycles. The number of aliphatic hydroxyl groups is 1. The predicted molar refractivity (Wildman–Crippen MR) is 371 cm³/mol. The Morgan fingerprint density at radius 1 is 0.326 bits per heavy atom. The molecule has 0 saturated heterocycles. The Morgan fingerprint density at radius 2 is 0.598 bits per heavy atom. The lowest BCUT2D eigenvalue weighted by Crippen LogP contribution is -2.30. The van der Waals surface area contributed by atoms with Gasteiger partial charge in [0.05, 0.1) is 39.3 Å². The van der Waals surface area contributed by atoms with Gasteiger partial charge < -0.3 is 33.8 Å². The molecule has 19 heteroatoms. The number of ether oxygens (including phenoxy) is 4. The largest absolute Gasteiger partial charge is 0.472 e. The second-order valence-corrected chi connectivity index (χ2v) is 24.9. The first-order valence-corrected chi connectivity index (χ1v) is 37.1. The van der Waals surface area contributed by atoms with Crippen LogP contribution in [0.5, 0.6) is 0 Å². The van der Waals surface area contributed by atoms with E-state index in [1.807, 2.05) is 36.5 Å². The summed E-state index contributed by atoms with van der Waals surface area (Å²) in [6, 6.07) is 0. The molecular formula is C73H118O17P2. The minimum atomic E-state index is -5.00. The Hall–Kier alpha value is -5.06. The molecule has 522 valence electrons. The zero-order valence-corrected chi connectivity index (χ0v) is 58.2. The van der Waals surface area contributed by atoms with E-state index in [2.05, 4.69) is 125 Å². The third kappa shape index (κ3) is 63.7. The van der Waals surface area contributed by atoms with E-state index in [0.29, 0.717) is 25.7 Å². The minimum absolute atomic E-state index is 0.0586. The summed E-state index contributed by atoms with van der Waals surface area (Å²) in [5.41, 5.74) is 0. The Bertz CT molecular complexity index is 2170. The molecule has 0 spiro atoms. The molecule has 92 heavy (non-hydrogen) atoms. The Kier molecular flexibility index (Phi) is 61.1. The number of hydrogen-bond acceptors (Lipinski definition) is 15. The molecule has 0 bridgehead atoms. The Morgan fingerprint density at radius 3 is 0.913 bits per heavy atom. The number of aliphatic hydroxyl groups excluding tert-OH is 1. The summed E-state index contributed by atoms with van der Waals surface area (Å²) in [6.45, 7) is 4.25. The summed E-state index contributed by atoms with van der Waals surface area (Å²) in [5.74, 6) is -2.51. The lowest BCUT2D eigenvalue weighted by Gasteiger charge is -2.21. The number of phosphoric ester groups is 2. The Labute approximate surface area is 554 Å². The van der Waals surface area contributed by atoms with Crippen LogP contribution < -0.4 is 0 Å². The highest BCUT2D eigenvalue weighted by Gasteiger charge is 2.30. The first kappa shape index (κ1) is 86.9. The molecule has 0 aromatic heterocycles. The second kappa shape index (κ2) is 64.6. The van der Waals surface area contributed by atoms with Gasteiger partial charge in [0.15, 0.2) is 12.2 Å². The number of carbonyl (C=O) groups excluding carboxylic acids is 4. The van der Waals surface area contributed by atoms with Crippen molar-refractivity contribution >= 4 is 39.5 Å². The summed E-state index contributed by atoms with van der Waals surface area (Å²) in [7, 11) is -9.99. The highest BCUT2D eigenvalue weighted by Crippen LogP contribution is 2.45. The lowest BCUT2D eigenvalue weighted by atomic mass is 10.1. The molecule has 0 aromatic carbocycles. The van der Waals surface area contributed by atoms with Crippen molar-refractivity contribution < 1.29 is 80.2 Å². The van der Waals surface area contributed by atoms with E-state index in [1.165, 1.54) is 12.8 Å². The molecule has 17 nitrogen and oxygen atoms in total. The zero-order chi connectivity index (χ0) is 67.5. The second-order valence-electron chi connectivity index (χ2n) is 22.0. The van der Waals surface area contributed by atoms with Crippen LogP contribution in [-0.2, 0) is 65.4 Å². The molecule has 0 saturated carbocycles. The van der Waals surface area contributed by atoms with Crippen LogP contribution >= 0.6 is 15.6 Å². The topological polar surface area (TPSA) is 237 Å². The molecule has 0 aliphatic heterocycles. The smallest absolute Gasteiger partial charge is 0.461 e. The fraction of sp³-hybridized carbons (Fsp3) is 0.616. The number of carbonyl (C=O) groups is 4. The summed E-state index contributed by atoms with van der Waals surface area (Å²) < 4.78 is 67.8. The van der Waals surface area contributed by atoms with E-state index < -0.39 is 97.5 Å². The van der Waals surface area contributed by atoms with E-state index in [-0.39, 0.29) is 25.7 Å². The summed E-state index contributed by atoms with van der Waals surface area (Å²) in [6.07, 6.45) is 70.9. The molecule has 0 fully saturated rings. The van der Waals surface area contributed by atoms with Crippen LogP contribution in [0.1, 0.15) is 233 Å². The van der Waals surface area contributed by atoms with Crippen LogP contribution in [0.2, 0.25) is 0 Å². The van der Waals surface area contributed by atoms with Crippen molar-refractivity contribution in [3.63, 3.8) is 0 Å². The van der Waals surface area contributed by atoms with Crippen LogP contribution in [0.15, 0.2) is 146 Å². The van der Waals surface area contributed by atoms with Crippen molar-refractivity contribution in [1.29, 1.82) is 0 Å². The molecule has 0 aromatic rings. The zero-order valence-electron chi connectivity index (χ0n) is 56.4. The van der Waals surface area contributed by atoms with E-state index in [0.717, 1.165) is 141 Å². The third-order valence-electron chi connectivity index (χ3n) is 13.3. The van der Waals surface area contributed by atoms with Gasteiger partial charge in [0.1, 0.15) is 19.3 Å². The summed E-state index contributed by atoms with van der Waals surface area (Å²) in [5, 5.41) is 10.6. The fourth-order valence-electron chi connectivity index (χ4n) is 8.15. The van der Waals surface area contributed by atoms with Gasteiger partial charge in [-0.15, -0.1) is 0 Å². The highest BCUT2D eigenvalue weighted by atomic mass is 31.2. The predicted octanol–water partition coefficient (Wildman–Crippen LogP) is 18.8. The molecular weight excluding hydrogens is 1210 g/mol. The van der Waals surface area contributed by atoms with E-state index in [9.17, 15) is 43.2 Å². The minimum Gasteiger partial charge on any atom is -0.461 e. The van der Waals surface area contributed by atoms with Gasteiger partial charge in [-0.3, -0.25) is 37.3 Å². The molecule has 4 unspecified atom stereocenters. The Balaban J connectivity index is 5.46. The molecule has 0 radical (unpaired) electrons. The maximum Gasteiger partial charge on any atom is 0.472 e. The van der Waals surface area contributed by atoms with Gasteiger partial charge in [-0.1, -0.05) is 238 Å². The van der Waals surface area contributed by atoms with Crippen LogP contribution in [0, 0.1) is 0 Å². The third-order valence-corrected chi connectivity index (χ3v) is 15.2. The van der Waals surface area contributed by atoms with Crippen LogP contribution in [0.4, 0.5) is 0 Å². The van der Waals surface area contributed by atoms with Gasteiger partial charge in [0, 0.05) is 12.8 Å². The molecule has 3 N–H and O–H groups in total. The number of hydrogen-bond donors (Lipinski definition) is 3. The molecule has 0 amide bonds. The highest BCUT2D eigenvalue weighted by molar-refractivity contribution is 7.47. The molecule has 0 rings (SSSR count). The number of allylic oxidation sites excluding steroid dienone is 22. The van der Waals surface area contributed by atoms with Gasteiger partial charge in [0.25, 0.3) is 0 Å². The molecule has 0 aliphatic carbocycles. The average molecular weight is 1330 g/mol. The van der Waals surface area contributed by atoms with Crippen LogP contribution in [0.3, 0.4) is 0 Å². The van der Waals surface area contributed by atoms with E-state index >= 15 is 0 Å². The van der Waals surface area contributed by atoms with Gasteiger partial charge in [-0.2, -0.15) is 0 Å². The SMILES string of the molecule is CC/C=C\C/C=C\C/C=C\C/C=C\C/C=C\CC(=O)OCC(COP(=O)(O)OCC(O)COP(=O)(O)OCC(COC(=O)C/C=C\C/C=C\C/C=C\C/C=C\C/C=C\CC)OC(=O)CCCCCCC/C=C\CCCC)OC(=O)CCCCCCC/C=C\CCCC. The van der Waals surface area contributed by atoms with Gasteiger partial charge in [0.2, 0.25) is 0 Å². The molecule has 4 atom stereocenters. The van der Waals surface area contributed by atoms with Crippen molar-refractivity contribution in [1.82, 2.24) is 0 Å². The first-order valence-electron chi connectivity index (χ1n) is 34.1. The van der Waals surface area contributed by atoms with Crippen LogP contribution in [-0.4, -0.2) is 96.7 Å². The fourth-order valence-corrected chi connectivity index (χ4v) is 9.73. The quantitative estimate of drug-likeness (QED) is 0.0169. The molecule has 0 aliphatic rings. The van der Waals surface area contributed by atoms with Crippen molar-refractivity contribution in [2.45, 2.75) is 251 Å². The van der Waals surface area contributed by atoms with Crippen molar-refractivity contribution in [2.24, 2.45) is 0 Å². The van der Waals surface area contributed by atoms with Crippen LogP contribution in [0.25, 0.3) is 0 Å². The lowest BCUT2D eigenvalue weighted by molar-refractivity contribution is -0.161. The summed E-state index contributed by atoms with van der Waals surface area (Å²) in [4.78, 5) is 72.3. The number of esters is 4. The summed E-state index contributed by atoms with van der Waals surface area (Å²) >= 11 is 0. The van der Waals surface area contributed by atoms with Crippen molar-refractivity contribution in [3.05, 3.63) is 146 Å². The normalized spacial score (nSPS) is 15.0. The van der Waals surface area contributed by atoms with E-state index in [1.54, 1.807) is 12.2 Å². The van der Waals surface area contributed by atoms with Crippen molar-refractivity contribution in [3.8, 4) is 0 Å². The van der Waals surface area contributed by atoms with Gasteiger partial charge >= 0.3 is 39.5 Å². The standard InChI is InChI=1S/C73H118O17P2/c1-5-9-13-17-21-25-29-31-33-35-39-41-45-49-53-57-70(75)83-63-68(89-72(77)59-55-51-47-43-37-27-23-19-15-11-7-3)65-87-91(79,80)85-61-67(74)62-86-92(81,82)88-66-69(90-73(78)60-56-52-48-44-38-28-24-20-16-12-8-4)64-84-71(76)58-54-50-46-42-40-36-34-32-30-26-22-18-14-10-6-2/h9-10,13-14,19-26,31-34,39-42,49-50,53-54,67-69,74H,5-8,11-12,15-18,27-30,35-38,43-48,51-52,55-66H2,1-4H3,(H,79,80)(H,81,82)/b13-9-,14-10-,23-19-,24-20-,25-21-,26-22-,33-31-,34-32-,41-39-,42-40-,53-49-,54-50-.